The van der Waals surface area contributed by atoms with Crippen molar-refractivity contribution in [1.29, 1.82) is 0 Å². The molecule has 2 atom stereocenters. The van der Waals surface area contributed by atoms with Gasteiger partial charge in [-0.25, -0.2) is 26.3 Å². The molecule has 0 heterocycles. The quantitative estimate of drug-likeness (QED) is 0.395. The van der Waals surface area contributed by atoms with Crippen molar-refractivity contribution in [2.24, 2.45) is 0 Å². The summed E-state index contributed by atoms with van der Waals surface area (Å²) in [5, 5.41) is 0. The van der Waals surface area contributed by atoms with Crippen LogP contribution < -0.4 is 0 Å². The normalized spacial score (nSPS) is 19.4. The van der Waals surface area contributed by atoms with Gasteiger partial charge in [0.15, 0.2) is 5.83 Å². The minimum atomic E-state index is -8.08. The van der Waals surface area contributed by atoms with Gasteiger partial charge in [0.1, 0.15) is 0 Å². The Morgan fingerprint density at radius 3 is 1.14 bits per heavy atom. The van der Waals surface area contributed by atoms with E-state index in [1.54, 1.807) is 0 Å². The summed E-state index contributed by atoms with van der Waals surface area (Å²) in [6.07, 6.45) is -26.3. The molecule has 0 bridgehead atoms. The summed E-state index contributed by atoms with van der Waals surface area (Å²) in [6, 6.07) is 0. The predicted molar refractivity (Wildman–Crippen MR) is 50.9 cm³/mol. The summed E-state index contributed by atoms with van der Waals surface area (Å²) in [6.45, 7) is 0. The first-order valence-electron chi connectivity index (χ1n) is 5.86. The first-order chi connectivity index (χ1) is 11.9. The van der Waals surface area contributed by atoms with Gasteiger partial charge in [0.2, 0.25) is 12.0 Å². The van der Waals surface area contributed by atoms with Gasteiger partial charge in [-0.05, 0) is 0 Å². The SMILES string of the molecule is FC(=C(F)C(F)(C(F)(F)F)C(F)(F)C(F)(F)F)C(F)(F)C(F)(F)C(F)C(F)F. The number of halogens is 18. The van der Waals surface area contributed by atoms with Crippen LogP contribution in [-0.4, -0.2) is 48.4 Å². The number of hydrogen-bond acceptors (Lipinski definition) is 0. The average Bonchev–Trinajstić information content (AvgIpc) is 2.48. The van der Waals surface area contributed by atoms with Crippen LogP contribution >= 0.6 is 0 Å². The molecule has 0 aliphatic carbocycles. The van der Waals surface area contributed by atoms with Crippen LogP contribution in [-0.2, 0) is 0 Å². The number of hydrogen-bond donors (Lipinski definition) is 0. The summed E-state index contributed by atoms with van der Waals surface area (Å²) >= 11 is 0. The Balaban J connectivity index is 6.94. The van der Waals surface area contributed by atoms with Crippen molar-refractivity contribution < 1.29 is 79.0 Å². The lowest BCUT2D eigenvalue weighted by Gasteiger charge is -2.35. The number of rotatable bonds is 6. The molecule has 2 unspecified atom stereocenters. The van der Waals surface area contributed by atoms with Gasteiger partial charge in [-0.3, -0.25) is 0 Å². The Kier molecular flexibility index (Phi) is 6.68. The van der Waals surface area contributed by atoms with Crippen LogP contribution in [0.5, 0.6) is 0 Å². The van der Waals surface area contributed by atoms with Crippen molar-refractivity contribution in [2.75, 3.05) is 0 Å². The number of allylic oxidation sites excluding steroid dienone is 2. The maximum absolute atomic E-state index is 13.4. The molecule has 0 nitrogen and oxygen atoms in total. The molecule has 18 heteroatoms. The summed E-state index contributed by atoms with van der Waals surface area (Å²) in [5.41, 5.74) is -8.04. The first-order valence-corrected chi connectivity index (χ1v) is 5.86. The maximum Gasteiger partial charge on any atom is 0.457 e. The molecule has 28 heavy (non-hydrogen) atoms. The molecule has 0 aliphatic heterocycles. The van der Waals surface area contributed by atoms with Gasteiger partial charge >= 0.3 is 35.8 Å². The fourth-order valence-electron chi connectivity index (χ4n) is 1.40. The maximum atomic E-state index is 13.4. The molecule has 0 N–H and O–H groups in total. The van der Waals surface area contributed by atoms with E-state index in [2.05, 4.69) is 0 Å². The number of alkyl halides is 16. The highest BCUT2D eigenvalue weighted by Crippen LogP contribution is 2.59. The van der Waals surface area contributed by atoms with Crippen molar-refractivity contribution in [2.45, 2.75) is 48.4 Å². The van der Waals surface area contributed by atoms with Gasteiger partial charge in [0.25, 0.3) is 6.43 Å². The van der Waals surface area contributed by atoms with E-state index in [0.717, 1.165) is 0 Å². The van der Waals surface area contributed by atoms with Crippen LogP contribution in [0, 0.1) is 0 Å². The van der Waals surface area contributed by atoms with Crippen molar-refractivity contribution in [1.82, 2.24) is 0 Å². The minimum Gasteiger partial charge on any atom is -0.234 e. The van der Waals surface area contributed by atoms with Gasteiger partial charge in [0, 0.05) is 0 Å². The first kappa shape index (κ1) is 26.5. The predicted octanol–water partition coefficient (Wildman–Crippen LogP) is 6.48. The molecule has 0 spiro atoms. The zero-order chi connectivity index (χ0) is 23.3. The van der Waals surface area contributed by atoms with Gasteiger partial charge in [0.05, 0.1) is 0 Å². The molecule has 168 valence electrons. The summed E-state index contributed by atoms with van der Waals surface area (Å²) in [4.78, 5) is 0. The van der Waals surface area contributed by atoms with Crippen LogP contribution in [0.2, 0.25) is 0 Å². The van der Waals surface area contributed by atoms with Crippen molar-refractivity contribution >= 4 is 0 Å². The molecule has 0 fully saturated rings. The molecule has 0 radical (unpaired) electrons. The molecule has 0 saturated carbocycles. The fourth-order valence-corrected chi connectivity index (χ4v) is 1.40. The highest BCUT2D eigenvalue weighted by Gasteiger charge is 2.85. The lowest BCUT2D eigenvalue weighted by Crippen LogP contribution is -2.63. The second-order valence-electron chi connectivity index (χ2n) is 4.79. The van der Waals surface area contributed by atoms with Gasteiger partial charge in [-0.1, -0.05) is 0 Å². The zero-order valence-electron chi connectivity index (χ0n) is 12.0. The van der Waals surface area contributed by atoms with E-state index in [9.17, 15) is 79.0 Å². The monoisotopic (exact) mass is 464 g/mol. The Labute approximate surface area is 140 Å². The Morgan fingerprint density at radius 2 is 0.893 bits per heavy atom. The van der Waals surface area contributed by atoms with E-state index in [4.69, 9.17) is 0 Å². The van der Waals surface area contributed by atoms with E-state index < -0.39 is 60.0 Å². The highest BCUT2D eigenvalue weighted by atomic mass is 19.4. The van der Waals surface area contributed by atoms with Crippen LogP contribution in [0.15, 0.2) is 11.7 Å². The minimum absolute atomic E-state index is 5.15. The summed E-state index contributed by atoms with van der Waals surface area (Å²) in [7, 11) is 0. The van der Waals surface area contributed by atoms with E-state index >= 15 is 0 Å². The summed E-state index contributed by atoms with van der Waals surface area (Å²) < 4.78 is 225. The molecular weight excluding hydrogens is 462 g/mol. The molecule has 0 saturated heterocycles. The molecule has 0 aliphatic rings. The van der Waals surface area contributed by atoms with E-state index in [-0.39, 0.29) is 0 Å². The third-order valence-corrected chi connectivity index (χ3v) is 2.94. The molecular formula is C10H2F18. The lowest BCUT2D eigenvalue weighted by molar-refractivity contribution is -0.376. The Hall–Kier alpha value is -1.52. The topological polar surface area (TPSA) is 0 Å². The van der Waals surface area contributed by atoms with E-state index in [0.29, 0.717) is 0 Å². The van der Waals surface area contributed by atoms with Gasteiger partial charge < -0.3 is 0 Å². The van der Waals surface area contributed by atoms with Crippen LogP contribution in [0.1, 0.15) is 0 Å². The Bertz CT molecular complexity index is 592. The van der Waals surface area contributed by atoms with Crippen LogP contribution in [0.4, 0.5) is 79.0 Å². The third-order valence-electron chi connectivity index (χ3n) is 2.94. The average molecular weight is 464 g/mol. The van der Waals surface area contributed by atoms with E-state index in [1.807, 2.05) is 0 Å². The second kappa shape index (κ2) is 7.07. The Morgan fingerprint density at radius 1 is 0.536 bits per heavy atom. The lowest BCUT2D eigenvalue weighted by atomic mass is 9.91. The zero-order valence-corrected chi connectivity index (χ0v) is 12.0. The van der Waals surface area contributed by atoms with Crippen molar-refractivity contribution in [3.05, 3.63) is 11.7 Å². The molecule has 0 rings (SSSR count). The molecule has 0 aromatic carbocycles. The van der Waals surface area contributed by atoms with E-state index in [1.165, 1.54) is 0 Å². The molecule has 0 aromatic rings. The largest absolute Gasteiger partial charge is 0.457 e. The highest BCUT2D eigenvalue weighted by molar-refractivity contribution is 5.29. The smallest absolute Gasteiger partial charge is 0.234 e. The molecule has 0 aromatic heterocycles. The van der Waals surface area contributed by atoms with Crippen molar-refractivity contribution in [3.8, 4) is 0 Å². The summed E-state index contributed by atoms with van der Waals surface area (Å²) in [5.74, 6) is -33.6. The third kappa shape index (κ3) is 3.69. The fraction of sp³-hybridized carbons (Fsp3) is 0.800. The standard InChI is InChI=1S/C10H2F18/c11-1(2(12)6(17,18)7(19,20)3(13)4(14)15)5(16,9(23,24)25)8(21,22)10(26,27)28/h3-4H. The van der Waals surface area contributed by atoms with Crippen LogP contribution in [0.25, 0.3) is 0 Å². The second-order valence-corrected chi connectivity index (χ2v) is 4.79. The molecule has 0 amide bonds. The van der Waals surface area contributed by atoms with Crippen LogP contribution in [0.3, 0.4) is 0 Å². The van der Waals surface area contributed by atoms with Gasteiger partial charge in [-0.15, -0.1) is 0 Å². The van der Waals surface area contributed by atoms with Crippen molar-refractivity contribution in [3.63, 3.8) is 0 Å². The van der Waals surface area contributed by atoms with Gasteiger partial charge in [-0.2, -0.15) is 52.7 Å².